The number of aryl methyl sites for hydroxylation is 1. The number of oxazole rings is 1. The predicted octanol–water partition coefficient (Wildman–Crippen LogP) is 2.49. The summed E-state index contributed by atoms with van der Waals surface area (Å²) < 4.78 is 18.7. The van der Waals surface area contributed by atoms with E-state index >= 15 is 0 Å². The van der Waals surface area contributed by atoms with E-state index in [0.29, 0.717) is 50.7 Å². The summed E-state index contributed by atoms with van der Waals surface area (Å²) in [5, 5.41) is 0. The summed E-state index contributed by atoms with van der Waals surface area (Å²) in [4.78, 5) is 32.4. The fraction of sp³-hybridized carbons (Fsp3) is 0.450. The molecule has 1 saturated carbocycles. The van der Waals surface area contributed by atoms with Crippen molar-refractivity contribution in [2.24, 2.45) is 5.92 Å². The molecule has 0 spiro atoms. The Morgan fingerprint density at radius 1 is 1.07 bits per heavy atom. The molecule has 27 heavy (non-hydrogen) atoms. The lowest BCUT2D eigenvalue weighted by Gasteiger charge is -2.35. The van der Waals surface area contributed by atoms with Crippen molar-refractivity contribution < 1.29 is 18.4 Å². The van der Waals surface area contributed by atoms with Gasteiger partial charge in [0.2, 0.25) is 11.8 Å². The van der Waals surface area contributed by atoms with Crippen molar-refractivity contribution in [2.75, 3.05) is 26.2 Å². The topological polar surface area (TPSA) is 66.7 Å². The van der Waals surface area contributed by atoms with Crippen LogP contribution < -0.4 is 0 Å². The first-order valence-electron chi connectivity index (χ1n) is 9.37. The highest BCUT2D eigenvalue weighted by Gasteiger charge is 2.35. The van der Waals surface area contributed by atoms with Crippen LogP contribution in [0.1, 0.15) is 25.2 Å². The van der Waals surface area contributed by atoms with E-state index < -0.39 is 0 Å². The van der Waals surface area contributed by atoms with E-state index in [1.807, 2.05) is 4.90 Å². The van der Waals surface area contributed by atoms with E-state index in [2.05, 4.69) is 4.98 Å². The number of benzene rings is 1. The summed E-state index contributed by atoms with van der Waals surface area (Å²) in [6.45, 7) is 2.41. The zero-order valence-electron chi connectivity index (χ0n) is 15.1. The molecule has 0 atom stereocenters. The van der Waals surface area contributed by atoms with E-state index in [-0.39, 0.29) is 23.5 Å². The number of rotatable bonds is 5. The molecule has 4 rings (SSSR count). The molecule has 1 aliphatic carbocycles. The van der Waals surface area contributed by atoms with Crippen molar-refractivity contribution in [3.63, 3.8) is 0 Å². The summed E-state index contributed by atoms with van der Waals surface area (Å²) in [7, 11) is 0. The molecule has 1 aromatic heterocycles. The van der Waals surface area contributed by atoms with Crippen LogP contribution in [0.15, 0.2) is 34.9 Å². The third-order valence-corrected chi connectivity index (χ3v) is 5.11. The summed E-state index contributed by atoms with van der Waals surface area (Å²) in [6.07, 6.45) is 4.35. The van der Waals surface area contributed by atoms with Crippen LogP contribution in [0.3, 0.4) is 0 Å². The van der Waals surface area contributed by atoms with Crippen LogP contribution >= 0.6 is 0 Å². The molecule has 2 fully saturated rings. The molecule has 2 aromatic rings. The minimum Gasteiger partial charge on any atom is -0.441 e. The predicted molar refractivity (Wildman–Crippen MR) is 96.1 cm³/mol. The number of carbonyl (C=O) groups is 2. The number of carbonyl (C=O) groups excluding carboxylic acids is 2. The Morgan fingerprint density at radius 3 is 2.41 bits per heavy atom. The van der Waals surface area contributed by atoms with Crippen LogP contribution in [0.25, 0.3) is 11.3 Å². The van der Waals surface area contributed by atoms with Gasteiger partial charge in [-0.25, -0.2) is 9.37 Å². The fourth-order valence-corrected chi connectivity index (χ4v) is 3.31. The highest BCUT2D eigenvalue weighted by molar-refractivity contribution is 5.81. The van der Waals surface area contributed by atoms with Gasteiger partial charge in [-0.2, -0.15) is 0 Å². The van der Waals surface area contributed by atoms with Crippen LogP contribution in [-0.4, -0.2) is 52.8 Å². The smallest absolute Gasteiger partial charge is 0.225 e. The van der Waals surface area contributed by atoms with Gasteiger partial charge in [-0.15, -0.1) is 0 Å². The van der Waals surface area contributed by atoms with Gasteiger partial charge in [0, 0.05) is 50.5 Å². The minimum atomic E-state index is -0.303. The second-order valence-corrected chi connectivity index (χ2v) is 7.11. The maximum Gasteiger partial charge on any atom is 0.225 e. The lowest BCUT2D eigenvalue weighted by atomic mass is 10.2. The zero-order chi connectivity index (χ0) is 18.8. The molecule has 0 bridgehead atoms. The van der Waals surface area contributed by atoms with E-state index in [9.17, 15) is 14.0 Å². The highest BCUT2D eigenvalue weighted by Crippen LogP contribution is 2.31. The Bertz CT molecular complexity index is 821. The van der Waals surface area contributed by atoms with Gasteiger partial charge >= 0.3 is 0 Å². The van der Waals surface area contributed by atoms with Crippen LogP contribution in [-0.2, 0) is 16.0 Å². The maximum atomic E-state index is 13.0. The summed E-state index contributed by atoms with van der Waals surface area (Å²) in [5.41, 5.74) is 0.748. The van der Waals surface area contributed by atoms with Crippen LogP contribution in [0.2, 0.25) is 0 Å². The minimum absolute atomic E-state index is 0.0510. The average molecular weight is 371 g/mol. The number of halogens is 1. The molecule has 0 N–H and O–H groups in total. The van der Waals surface area contributed by atoms with Gasteiger partial charge in [0.05, 0.1) is 6.20 Å². The number of aromatic nitrogens is 1. The molecule has 1 aromatic carbocycles. The van der Waals surface area contributed by atoms with Gasteiger partial charge in [-0.1, -0.05) is 0 Å². The largest absolute Gasteiger partial charge is 0.441 e. The van der Waals surface area contributed by atoms with E-state index in [4.69, 9.17) is 4.42 Å². The van der Waals surface area contributed by atoms with E-state index in [1.165, 1.54) is 12.1 Å². The molecule has 2 heterocycles. The van der Waals surface area contributed by atoms with Gasteiger partial charge in [0.25, 0.3) is 0 Å². The Balaban J connectivity index is 1.26. The van der Waals surface area contributed by atoms with Crippen LogP contribution in [0.4, 0.5) is 4.39 Å². The first-order valence-corrected chi connectivity index (χ1v) is 9.37. The van der Waals surface area contributed by atoms with Crippen molar-refractivity contribution in [1.82, 2.24) is 14.8 Å². The second-order valence-electron chi connectivity index (χ2n) is 7.11. The fourth-order valence-electron chi connectivity index (χ4n) is 3.31. The van der Waals surface area contributed by atoms with E-state index in [0.717, 1.165) is 18.4 Å². The average Bonchev–Trinajstić information content (AvgIpc) is 3.44. The Kier molecular flexibility index (Phi) is 4.92. The van der Waals surface area contributed by atoms with Gasteiger partial charge in [0.15, 0.2) is 11.7 Å². The van der Waals surface area contributed by atoms with Crippen LogP contribution in [0, 0.1) is 11.7 Å². The number of hydrogen-bond acceptors (Lipinski definition) is 4. The number of amides is 2. The standard InChI is InChI=1S/C20H22FN3O3/c21-16-5-3-14(4-6-16)17-13-22-18(27-17)7-8-19(25)23-9-11-24(12-10-23)20(26)15-1-2-15/h3-6,13,15H,1-2,7-12H2. The third-order valence-electron chi connectivity index (χ3n) is 5.11. The Labute approximate surface area is 157 Å². The molecule has 1 aliphatic heterocycles. The normalized spacial score (nSPS) is 17.2. The monoisotopic (exact) mass is 371 g/mol. The summed E-state index contributed by atoms with van der Waals surface area (Å²) in [6, 6.07) is 6.00. The number of hydrogen-bond donors (Lipinski definition) is 0. The molecule has 142 valence electrons. The molecular formula is C20H22FN3O3. The quantitative estimate of drug-likeness (QED) is 0.810. The molecular weight excluding hydrogens is 349 g/mol. The second kappa shape index (κ2) is 7.50. The summed E-state index contributed by atoms with van der Waals surface area (Å²) >= 11 is 0. The van der Waals surface area contributed by atoms with Gasteiger partial charge in [-0.3, -0.25) is 9.59 Å². The molecule has 0 unspecified atom stereocenters. The van der Waals surface area contributed by atoms with Crippen molar-refractivity contribution in [3.8, 4) is 11.3 Å². The molecule has 0 radical (unpaired) electrons. The third kappa shape index (κ3) is 4.18. The first-order chi connectivity index (χ1) is 13.1. The highest BCUT2D eigenvalue weighted by atomic mass is 19.1. The number of piperazine rings is 1. The van der Waals surface area contributed by atoms with Crippen molar-refractivity contribution in [2.45, 2.75) is 25.7 Å². The maximum absolute atomic E-state index is 13.0. The van der Waals surface area contributed by atoms with Crippen molar-refractivity contribution >= 4 is 11.8 Å². The van der Waals surface area contributed by atoms with E-state index in [1.54, 1.807) is 23.2 Å². The molecule has 7 heteroatoms. The molecule has 6 nitrogen and oxygen atoms in total. The van der Waals surface area contributed by atoms with Crippen LogP contribution in [0.5, 0.6) is 0 Å². The Hall–Kier alpha value is -2.70. The zero-order valence-corrected chi connectivity index (χ0v) is 15.1. The molecule has 2 amide bonds. The lowest BCUT2D eigenvalue weighted by Crippen LogP contribution is -2.51. The van der Waals surface area contributed by atoms with Crippen molar-refractivity contribution in [1.29, 1.82) is 0 Å². The van der Waals surface area contributed by atoms with Gasteiger partial charge in [-0.05, 0) is 37.1 Å². The lowest BCUT2D eigenvalue weighted by molar-refractivity contribution is -0.140. The van der Waals surface area contributed by atoms with Gasteiger partial charge < -0.3 is 14.2 Å². The van der Waals surface area contributed by atoms with Gasteiger partial charge in [0.1, 0.15) is 5.82 Å². The number of nitrogens with zero attached hydrogens (tertiary/aromatic N) is 3. The summed E-state index contributed by atoms with van der Waals surface area (Å²) in [5.74, 6) is 1.27. The molecule has 1 saturated heterocycles. The van der Waals surface area contributed by atoms with Crippen molar-refractivity contribution in [3.05, 3.63) is 42.2 Å². The SMILES string of the molecule is O=C(CCc1ncc(-c2ccc(F)cc2)o1)N1CCN(C(=O)C2CC2)CC1. The first kappa shape index (κ1) is 17.7. The Morgan fingerprint density at radius 2 is 1.74 bits per heavy atom. The molecule has 2 aliphatic rings.